The highest BCUT2D eigenvalue weighted by Crippen LogP contribution is 2.17. The van der Waals surface area contributed by atoms with Crippen molar-refractivity contribution in [3.8, 4) is 0 Å². The molecule has 14 heavy (non-hydrogen) atoms. The number of rotatable bonds is 3. The molecule has 0 aromatic heterocycles. The second-order valence-corrected chi connectivity index (χ2v) is 4.47. The summed E-state index contributed by atoms with van der Waals surface area (Å²) in [5.74, 6) is 0.643. The molecule has 1 fully saturated rings. The summed E-state index contributed by atoms with van der Waals surface area (Å²) in [6, 6.07) is 0. The van der Waals surface area contributed by atoms with Crippen LogP contribution in [0.4, 0.5) is 0 Å². The van der Waals surface area contributed by atoms with Crippen molar-refractivity contribution in [2.24, 2.45) is 17.6 Å². The van der Waals surface area contributed by atoms with Crippen LogP contribution in [0.15, 0.2) is 0 Å². The molecule has 1 saturated heterocycles. The fourth-order valence-corrected chi connectivity index (χ4v) is 2.01. The van der Waals surface area contributed by atoms with Crippen LogP contribution in [0.2, 0.25) is 0 Å². The Morgan fingerprint density at radius 2 is 1.86 bits per heavy atom. The zero-order valence-corrected chi connectivity index (χ0v) is 9.33. The lowest BCUT2D eigenvalue weighted by molar-refractivity contribution is -0.137. The maximum Gasteiger partial charge on any atom is 0.227 e. The first-order valence-electron chi connectivity index (χ1n) is 5.65. The third kappa shape index (κ3) is 2.71. The van der Waals surface area contributed by atoms with Crippen molar-refractivity contribution in [2.75, 3.05) is 19.6 Å². The molecule has 0 spiro atoms. The first kappa shape index (κ1) is 11.5. The van der Waals surface area contributed by atoms with E-state index in [9.17, 15) is 4.79 Å². The predicted molar refractivity (Wildman–Crippen MR) is 57.8 cm³/mol. The standard InChI is InChI=1S/C11H22N2O/c1-9(2)10(8-12)11(14)13-6-4-3-5-7-13/h9-10H,3-8,12H2,1-2H3. The monoisotopic (exact) mass is 198 g/mol. The maximum absolute atomic E-state index is 12.0. The Bertz CT molecular complexity index is 186. The van der Waals surface area contributed by atoms with Gasteiger partial charge in [-0.2, -0.15) is 0 Å². The van der Waals surface area contributed by atoms with Gasteiger partial charge >= 0.3 is 0 Å². The van der Waals surface area contributed by atoms with Gasteiger partial charge in [-0.3, -0.25) is 4.79 Å². The number of likely N-dealkylation sites (tertiary alicyclic amines) is 1. The van der Waals surface area contributed by atoms with Gasteiger partial charge in [-0.15, -0.1) is 0 Å². The van der Waals surface area contributed by atoms with Crippen LogP contribution in [-0.2, 0) is 4.79 Å². The maximum atomic E-state index is 12.0. The third-order valence-corrected chi connectivity index (χ3v) is 3.04. The van der Waals surface area contributed by atoms with E-state index < -0.39 is 0 Å². The van der Waals surface area contributed by atoms with E-state index in [-0.39, 0.29) is 11.8 Å². The highest BCUT2D eigenvalue weighted by atomic mass is 16.2. The van der Waals surface area contributed by atoms with Crippen molar-refractivity contribution in [1.82, 2.24) is 4.90 Å². The van der Waals surface area contributed by atoms with Gasteiger partial charge in [0, 0.05) is 19.6 Å². The number of piperidine rings is 1. The van der Waals surface area contributed by atoms with E-state index in [2.05, 4.69) is 13.8 Å². The number of nitrogens with two attached hydrogens (primary N) is 1. The first-order chi connectivity index (χ1) is 6.66. The van der Waals surface area contributed by atoms with Gasteiger partial charge in [0.15, 0.2) is 0 Å². The lowest BCUT2D eigenvalue weighted by atomic mass is 9.93. The van der Waals surface area contributed by atoms with Crippen LogP contribution in [0.3, 0.4) is 0 Å². The molecule has 82 valence electrons. The Kier molecular flexibility index (Phi) is 4.39. The van der Waals surface area contributed by atoms with Gasteiger partial charge in [0.1, 0.15) is 0 Å². The molecule has 1 unspecified atom stereocenters. The van der Waals surface area contributed by atoms with Crippen molar-refractivity contribution in [1.29, 1.82) is 0 Å². The summed E-state index contributed by atoms with van der Waals surface area (Å²) in [4.78, 5) is 14.0. The largest absolute Gasteiger partial charge is 0.342 e. The van der Waals surface area contributed by atoms with E-state index in [1.165, 1.54) is 6.42 Å². The van der Waals surface area contributed by atoms with Gasteiger partial charge in [-0.25, -0.2) is 0 Å². The number of hydrogen-bond acceptors (Lipinski definition) is 2. The van der Waals surface area contributed by atoms with Crippen molar-refractivity contribution in [3.63, 3.8) is 0 Å². The second-order valence-electron chi connectivity index (χ2n) is 4.47. The summed E-state index contributed by atoms with van der Waals surface area (Å²) in [6.07, 6.45) is 3.57. The molecule has 0 bridgehead atoms. The average Bonchev–Trinajstić information content (AvgIpc) is 2.19. The summed E-state index contributed by atoms with van der Waals surface area (Å²) in [6.45, 7) is 6.48. The van der Waals surface area contributed by atoms with Gasteiger partial charge in [0.2, 0.25) is 5.91 Å². The molecular weight excluding hydrogens is 176 g/mol. The Morgan fingerprint density at radius 1 is 1.29 bits per heavy atom. The summed E-state index contributed by atoms with van der Waals surface area (Å²) < 4.78 is 0. The molecule has 1 heterocycles. The highest BCUT2D eigenvalue weighted by molar-refractivity contribution is 5.79. The van der Waals surface area contributed by atoms with Crippen LogP contribution in [-0.4, -0.2) is 30.4 Å². The van der Waals surface area contributed by atoms with E-state index >= 15 is 0 Å². The molecular formula is C11H22N2O. The molecule has 1 aliphatic heterocycles. The summed E-state index contributed by atoms with van der Waals surface area (Å²) in [5.41, 5.74) is 5.63. The average molecular weight is 198 g/mol. The van der Waals surface area contributed by atoms with Crippen LogP contribution >= 0.6 is 0 Å². The molecule has 1 amide bonds. The Balaban J connectivity index is 2.52. The fraction of sp³-hybridized carbons (Fsp3) is 0.909. The fourth-order valence-electron chi connectivity index (χ4n) is 2.01. The summed E-state index contributed by atoms with van der Waals surface area (Å²) >= 11 is 0. The number of hydrogen-bond donors (Lipinski definition) is 1. The van der Waals surface area contributed by atoms with Crippen molar-refractivity contribution >= 4 is 5.91 Å². The molecule has 1 rings (SSSR count). The molecule has 0 aliphatic carbocycles. The first-order valence-corrected chi connectivity index (χ1v) is 5.65. The molecule has 3 heteroatoms. The SMILES string of the molecule is CC(C)C(CN)C(=O)N1CCCCC1. The molecule has 0 aromatic rings. The predicted octanol–water partition coefficient (Wildman–Crippen LogP) is 1.23. The minimum atomic E-state index is 0.0214. The molecule has 1 aliphatic rings. The summed E-state index contributed by atoms with van der Waals surface area (Å²) in [5, 5.41) is 0. The highest BCUT2D eigenvalue weighted by Gasteiger charge is 2.26. The minimum Gasteiger partial charge on any atom is -0.342 e. The van der Waals surface area contributed by atoms with Crippen LogP contribution < -0.4 is 5.73 Å². The molecule has 3 nitrogen and oxygen atoms in total. The minimum absolute atomic E-state index is 0.0214. The van der Waals surface area contributed by atoms with E-state index in [1.807, 2.05) is 4.90 Å². The smallest absolute Gasteiger partial charge is 0.227 e. The number of amides is 1. The third-order valence-electron chi connectivity index (χ3n) is 3.04. The normalized spacial score (nSPS) is 19.9. The Morgan fingerprint density at radius 3 is 2.29 bits per heavy atom. The molecule has 0 saturated carbocycles. The Labute approximate surface area is 86.6 Å². The van der Waals surface area contributed by atoms with E-state index in [1.54, 1.807) is 0 Å². The number of carbonyl (C=O) groups excluding carboxylic acids is 1. The van der Waals surface area contributed by atoms with Crippen molar-refractivity contribution in [3.05, 3.63) is 0 Å². The van der Waals surface area contributed by atoms with Gasteiger partial charge < -0.3 is 10.6 Å². The number of carbonyl (C=O) groups is 1. The Hall–Kier alpha value is -0.570. The molecule has 0 aromatic carbocycles. The van der Waals surface area contributed by atoms with Crippen molar-refractivity contribution < 1.29 is 4.79 Å². The zero-order chi connectivity index (χ0) is 10.6. The van der Waals surface area contributed by atoms with Crippen LogP contribution in [0.5, 0.6) is 0 Å². The summed E-state index contributed by atoms with van der Waals surface area (Å²) in [7, 11) is 0. The number of nitrogens with zero attached hydrogens (tertiary/aromatic N) is 1. The van der Waals surface area contributed by atoms with Crippen molar-refractivity contribution in [2.45, 2.75) is 33.1 Å². The van der Waals surface area contributed by atoms with Gasteiger partial charge in [0.05, 0.1) is 5.92 Å². The van der Waals surface area contributed by atoms with Gasteiger partial charge in [0.25, 0.3) is 0 Å². The van der Waals surface area contributed by atoms with Crippen LogP contribution in [0, 0.1) is 11.8 Å². The molecule has 1 atom stereocenters. The molecule has 0 radical (unpaired) electrons. The zero-order valence-electron chi connectivity index (χ0n) is 9.33. The van der Waals surface area contributed by atoms with Crippen LogP contribution in [0.1, 0.15) is 33.1 Å². The van der Waals surface area contributed by atoms with Crippen LogP contribution in [0.25, 0.3) is 0 Å². The lowest BCUT2D eigenvalue weighted by Gasteiger charge is -2.31. The van der Waals surface area contributed by atoms with E-state index in [4.69, 9.17) is 5.73 Å². The van der Waals surface area contributed by atoms with Gasteiger partial charge in [-0.05, 0) is 25.2 Å². The lowest BCUT2D eigenvalue weighted by Crippen LogP contribution is -2.43. The van der Waals surface area contributed by atoms with E-state index in [0.717, 1.165) is 25.9 Å². The molecule has 2 N–H and O–H groups in total. The second kappa shape index (κ2) is 5.35. The quantitative estimate of drug-likeness (QED) is 0.741. The topological polar surface area (TPSA) is 46.3 Å². The van der Waals surface area contributed by atoms with E-state index in [0.29, 0.717) is 12.5 Å². The van der Waals surface area contributed by atoms with Gasteiger partial charge in [-0.1, -0.05) is 13.8 Å².